The standard InChI is InChI=1S/C19H18N4O5S/c1-9-13-17(29-14(9)15(20)24)21-8-23(18(13)26)10(2)16(25)22-12-6-4-5-11(7-12)19(27)28-3/h4-8,10H,1-3H3,(H2,20,24)(H,22,25). The van der Waals surface area contributed by atoms with Crippen LogP contribution in [0.25, 0.3) is 10.2 Å². The van der Waals surface area contributed by atoms with Crippen molar-refractivity contribution in [2.75, 3.05) is 12.4 Å². The molecule has 2 aromatic heterocycles. The largest absolute Gasteiger partial charge is 0.465 e. The quantitative estimate of drug-likeness (QED) is 0.612. The smallest absolute Gasteiger partial charge is 0.337 e. The third kappa shape index (κ3) is 3.74. The number of aryl methyl sites for hydroxylation is 1. The molecule has 0 aliphatic carbocycles. The zero-order valence-electron chi connectivity index (χ0n) is 15.9. The number of thiophene rings is 1. The van der Waals surface area contributed by atoms with Gasteiger partial charge in [-0.25, -0.2) is 9.78 Å². The van der Waals surface area contributed by atoms with Crippen LogP contribution in [-0.4, -0.2) is 34.4 Å². The Balaban J connectivity index is 1.92. The number of nitrogens with zero attached hydrogens (tertiary/aromatic N) is 2. The Kier molecular flexibility index (Phi) is 5.46. The molecule has 2 amide bonds. The van der Waals surface area contributed by atoms with Crippen molar-refractivity contribution in [2.45, 2.75) is 19.9 Å². The van der Waals surface area contributed by atoms with Crippen LogP contribution in [0.1, 0.15) is 38.6 Å². The fourth-order valence-electron chi connectivity index (χ4n) is 2.86. The molecule has 150 valence electrons. The van der Waals surface area contributed by atoms with E-state index in [1.165, 1.54) is 24.1 Å². The molecule has 0 aliphatic heterocycles. The van der Waals surface area contributed by atoms with Crippen LogP contribution >= 0.6 is 11.3 Å². The van der Waals surface area contributed by atoms with Gasteiger partial charge < -0.3 is 15.8 Å². The Morgan fingerprint density at radius 2 is 2.03 bits per heavy atom. The van der Waals surface area contributed by atoms with Gasteiger partial charge in [-0.2, -0.15) is 0 Å². The van der Waals surface area contributed by atoms with Gasteiger partial charge in [0.15, 0.2) is 0 Å². The predicted molar refractivity (Wildman–Crippen MR) is 108 cm³/mol. The Morgan fingerprint density at radius 1 is 1.31 bits per heavy atom. The molecule has 29 heavy (non-hydrogen) atoms. The summed E-state index contributed by atoms with van der Waals surface area (Å²) < 4.78 is 5.85. The number of benzene rings is 1. The highest BCUT2D eigenvalue weighted by molar-refractivity contribution is 7.20. The van der Waals surface area contributed by atoms with Crippen LogP contribution in [0, 0.1) is 6.92 Å². The highest BCUT2D eigenvalue weighted by atomic mass is 32.1. The number of fused-ring (bicyclic) bond motifs is 1. The number of methoxy groups -OCH3 is 1. The summed E-state index contributed by atoms with van der Waals surface area (Å²) in [5, 5.41) is 2.93. The third-order valence-electron chi connectivity index (χ3n) is 4.45. The number of nitrogens with one attached hydrogen (secondary N) is 1. The SMILES string of the molecule is COC(=O)c1cccc(NC(=O)C(C)n2cnc3sc(C(N)=O)c(C)c3c2=O)c1. The van der Waals surface area contributed by atoms with Crippen molar-refractivity contribution in [3.05, 3.63) is 57.0 Å². The van der Waals surface area contributed by atoms with Gasteiger partial charge in [-0.1, -0.05) is 6.07 Å². The number of ether oxygens (including phenoxy) is 1. The van der Waals surface area contributed by atoms with Crippen LogP contribution in [0.15, 0.2) is 35.4 Å². The van der Waals surface area contributed by atoms with Gasteiger partial charge in [0.1, 0.15) is 10.9 Å². The number of aromatic nitrogens is 2. The summed E-state index contributed by atoms with van der Waals surface area (Å²) in [4.78, 5) is 53.6. The number of esters is 1. The molecule has 3 rings (SSSR count). The molecule has 3 aromatic rings. The van der Waals surface area contributed by atoms with Crippen LogP contribution in [0.5, 0.6) is 0 Å². The van der Waals surface area contributed by atoms with Gasteiger partial charge in [-0.05, 0) is 37.6 Å². The molecule has 0 aliphatic rings. The summed E-state index contributed by atoms with van der Waals surface area (Å²) in [6, 6.07) is 5.36. The van der Waals surface area contributed by atoms with E-state index in [2.05, 4.69) is 15.0 Å². The average Bonchev–Trinajstić information content (AvgIpc) is 3.05. The fraction of sp³-hybridized carbons (Fsp3) is 0.211. The van der Waals surface area contributed by atoms with E-state index in [1.54, 1.807) is 32.0 Å². The van der Waals surface area contributed by atoms with Crippen LogP contribution < -0.4 is 16.6 Å². The Morgan fingerprint density at radius 3 is 2.69 bits per heavy atom. The molecule has 0 saturated carbocycles. The van der Waals surface area contributed by atoms with Crippen molar-refractivity contribution in [3.8, 4) is 0 Å². The van der Waals surface area contributed by atoms with E-state index in [9.17, 15) is 19.2 Å². The molecule has 0 radical (unpaired) electrons. The maximum absolute atomic E-state index is 12.9. The molecule has 1 aromatic carbocycles. The summed E-state index contributed by atoms with van der Waals surface area (Å²) in [5.41, 5.74) is 6.01. The van der Waals surface area contributed by atoms with E-state index in [-0.39, 0.29) is 15.8 Å². The zero-order chi connectivity index (χ0) is 21.3. The van der Waals surface area contributed by atoms with Crippen molar-refractivity contribution >= 4 is 45.0 Å². The Labute approximate surface area is 169 Å². The molecular weight excluding hydrogens is 396 g/mol. The maximum Gasteiger partial charge on any atom is 0.337 e. The minimum atomic E-state index is -0.891. The molecule has 0 spiro atoms. The van der Waals surface area contributed by atoms with Crippen molar-refractivity contribution in [1.82, 2.24) is 9.55 Å². The summed E-state index contributed by atoms with van der Waals surface area (Å²) >= 11 is 1.04. The van der Waals surface area contributed by atoms with Gasteiger partial charge in [0.2, 0.25) is 5.91 Å². The lowest BCUT2D eigenvalue weighted by Crippen LogP contribution is -2.31. The second kappa shape index (κ2) is 7.84. The van der Waals surface area contributed by atoms with Crippen molar-refractivity contribution < 1.29 is 19.1 Å². The summed E-state index contributed by atoms with van der Waals surface area (Å²) in [7, 11) is 1.27. The highest BCUT2D eigenvalue weighted by Crippen LogP contribution is 2.26. The highest BCUT2D eigenvalue weighted by Gasteiger charge is 2.22. The number of carbonyl (C=O) groups excluding carboxylic acids is 3. The minimum absolute atomic E-state index is 0.263. The molecule has 0 fully saturated rings. The lowest BCUT2D eigenvalue weighted by Gasteiger charge is -2.15. The second-order valence-corrected chi connectivity index (χ2v) is 7.29. The molecule has 3 N–H and O–H groups in total. The topological polar surface area (TPSA) is 133 Å². The Hall–Kier alpha value is -3.53. The van der Waals surface area contributed by atoms with Crippen molar-refractivity contribution in [1.29, 1.82) is 0 Å². The molecule has 0 saturated heterocycles. The molecule has 1 unspecified atom stereocenters. The van der Waals surface area contributed by atoms with Crippen molar-refractivity contribution in [3.63, 3.8) is 0 Å². The van der Waals surface area contributed by atoms with Gasteiger partial charge in [-0.15, -0.1) is 11.3 Å². The first kappa shape index (κ1) is 20.2. The molecule has 10 heteroatoms. The van der Waals surface area contributed by atoms with Crippen molar-refractivity contribution in [2.24, 2.45) is 5.73 Å². The molecule has 2 heterocycles. The average molecular weight is 414 g/mol. The van der Waals surface area contributed by atoms with E-state index in [0.29, 0.717) is 16.1 Å². The number of nitrogens with two attached hydrogens (primary N) is 1. The molecular formula is C19H18N4O5S. The number of anilines is 1. The normalized spacial score (nSPS) is 11.8. The number of hydrogen-bond acceptors (Lipinski definition) is 7. The molecule has 0 bridgehead atoms. The number of amides is 2. The lowest BCUT2D eigenvalue weighted by molar-refractivity contribution is -0.118. The first-order valence-corrected chi connectivity index (χ1v) is 9.35. The first-order valence-electron chi connectivity index (χ1n) is 8.53. The zero-order valence-corrected chi connectivity index (χ0v) is 16.7. The van der Waals surface area contributed by atoms with E-state index in [4.69, 9.17) is 5.73 Å². The maximum atomic E-state index is 12.9. The number of hydrogen-bond donors (Lipinski definition) is 2. The van der Waals surface area contributed by atoms with Gasteiger partial charge in [-0.3, -0.25) is 19.0 Å². The van der Waals surface area contributed by atoms with E-state index in [1.807, 2.05) is 0 Å². The lowest BCUT2D eigenvalue weighted by atomic mass is 10.2. The summed E-state index contributed by atoms with van der Waals surface area (Å²) in [6.45, 7) is 3.17. The van der Waals surface area contributed by atoms with E-state index < -0.39 is 29.4 Å². The fourth-order valence-corrected chi connectivity index (χ4v) is 3.85. The van der Waals surface area contributed by atoms with E-state index >= 15 is 0 Å². The third-order valence-corrected chi connectivity index (χ3v) is 5.66. The number of primary amides is 1. The van der Waals surface area contributed by atoms with Crippen LogP contribution in [0.4, 0.5) is 5.69 Å². The molecule has 1 atom stereocenters. The van der Waals surface area contributed by atoms with Gasteiger partial charge >= 0.3 is 5.97 Å². The summed E-state index contributed by atoms with van der Waals surface area (Å²) in [6.07, 6.45) is 1.26. The number of rotatable bonds is 5. The number of carbonyl (C=O) groups is 3. The van der Waals surface area contributed by atoms with Crippen LogP contribution in [-0.2, 0) is 9.53 Å². The molecule has 9 nitrogen and oxygen atoms in total. The minimum Gasteiger partial charge on any atom is -0.465 e. The van der Waals surface area contributed by atoms with Gasteiger partial charge in [0, 0.05) is 5.69 Å². The second-order valence-electron chi connectivity index (χ2n) is 6.30. The van der Waals surface area contributed by atoms with Crippen LogP contribution in [0.2, 0.25) is 0 Å². The predicted octanol–water partition coefficient (Wildman–Crippen LogP) is 1.85. The monoisotopic (exact) mass is 414 g/mol. The Bertz CT molecular complexity index is 1200. The van der Waals surface area contributed by atoms with Gasteiger partial charge in [0.25, 0.3) is 11.5 Å². The summed E-state index contributed by atoms with van der Waals surface area (Å²) in [5.74, 6) is -1.63. The van der Waals surface area contributed by atoms with Crippen LogP contribution in [0.3, 0.4) is 0 Å². The van der Waals surface area contributed by atoms with Gasteiger partial charge in [0.05, 0.1) is 29.3 Å². The first-order chi connectivity index (χ1) is 13.7. The van der Waals surface area contributed by atoms with E-state index in [0.717, 1.165) is 11.3 Å².